The quantitative estimate of drug-likeness (QED) is 0.550. The highest BCUT2D eigenvalue weighted by atomic mass is 35.5. The molecule has 1 fully saturated rings. The van der Waals surface area contributed by atoms with Gasteiger partial charge in [-0.1, -0.05) is 36.7 Å². The van der Waals surface area contributed by atoms with Gasteiger partial charge < -0.3 is 9.47 Å². The van der Waals surface area contributed by atoms with Crippen LogP contribution in [0.3, 0.4) is 0 Å². The van der Waals surface area contributed by atoms with Crippen LogP contribution in [0.1, 0.15) is 38.7 Å². The van der Waals surface area contributed by atoms with E-state index in [1.54, 1.807) is 38.1 Å². The normalized spacial score (nSPS) is 26.5. The molecule has 1 aromatic rings. The van der Waals surface area contributed by atoms with Gasteiger partial charge in [0.2, 0.25) is 0 Å². The summed E-state index contributed by atoms with van der Waals surface area (Å²) in [4.78, 5) is 43.3. The lowest BCUT2D eigenvalue weighted by molar-refractivity contribution is -0.152. The molecular formula is C22H24ClNO5. The third kappa shape index (κ3) is 3.73. The number of ketones is 1. The number of esters is 2. The minimum Gasteiger partial charge on any atom is -0.468 e. The molecule has 1 heterocycles. The Morgan fingerprint density at radius 1 is 1.24 bits per heavy atom. The molecule has 0 spiro atoms. The number of methoxy groups -OCH3 is 1. The lowest BCUT2D eigenvalue weighted by atomic mass is 9.63. The number of hydrogen-bond acceptors (Lipinski definition) is 6. The smallest absolute Gasteiger partial charge is 0.336 e. The topological polar surface area (TPSA) is 82.0 Å². The van der Waals surface area contributed by atoms with Crippen molar-refractivity contribution in [3.63, 3.8) is 0 Å². The van der Waals surface area contributed by atoms with E-state index in [4.69, 9.17) is 21.1 Å². The summed E-state index contributed by atoms with van der Waals surface area (Å²) in [5, 5.41) is 0.439. The molecule has 1 saturated carbocycles. The number of carbonyl (C=O) groups is 3. The number of fused-ring (bicyclic) bond motifs is 1. The Morgan fingerprint density at radius 2 is 1.93 bits per heavy atom. The first kappa shape index (κ1) is 21.2. The largest absolute Gasteiger partial charge is 0.468 e. The second-order valence-corrected chi connectivity index (χ2v) is 7.79. The fraction of sp³-hybridized carbons (Fsp3) is 0.455. The van der Waals surface area contributed by atoms with Gasteiger partial charge in [0.05, 0.1) is 25.2 Å². The molecule has 4 atom stereocenters. The Labute approximate surface area is 174 Å². The van der Waals surface area contributed by atoms with Crippen LogP contribution in [-0.2, 0) is 23.9 Å². The van der Waals surface area contributed by atoms with E-state index in [2.05, 4.69) is 4.99 Å². The predicted octanol–water partition coefficient (Wildman–Crippen LogP) is 3.73. The maximum Gasteiger partial charge on any atom is 0.336 e. The van der Waals surface area contributed by atoms with Gasteiger partial charge in [0.15, 0.2) is 5.78 Å². The molecule has 1 aromatic carbocycles. The lowest BCUT2D eigenvalue weighted by Crippen LogP contribution is -2.48. The van der Waals surface area contributed by atoms with Crippen LogP contribution >= 0.6 is 11.6 Å². The van der Waals surface area contributed by atoms with E-state index in [0.29, 0.717) is 34.0 Å². The van der Waals surface area contributed by atoms with Gasteiger partial charge in [-0.25, -0.2) is 4.79 Å². The molecule has 0 saturated heterocycles. The van der Waals surface area contributed by atoms with Gasteiger partial charge in [0, 0.05) is 22.3 Å². The van der Waals surface area contributed by atoms with E-state index in [9.17, 15) is 14.4 Å². The SMILES string of the molecule is CCOC(=O)C1=C(C)N=C2C[C@@H](C)[C@H](C(=O)OC)C(=O)[C@@H]2[C@@H]1c1ccccc1Cl. The van der Waals surface area contributed by atoms with Crippen LogP contribution in [0.15, 0.2) is 40.5 Å². The van der Waals surface area contributed by atoms with Crippen molar-refractivity contribution in [1.29, 1.82) is 0 Å². The van der Waals surface area contributed by atoms with Crippen molar-refractivity contribution in [3.8, 4) is 0 Å². The summed E-state index contributed by atoms with van der Waals surface area (Å²) in [5.41, 5.74) is 2.12. The van der Waals surface area contributed by atoms with Crippen LogP contribution in [0.2, 0.25) is 5.02 Å². The standard InChI is InChI=1S/C22H24ClNO5/c1-5-29-22(27)17-12(3)24-15-10-11(2)16(21(26)28-4)20(25)19(15)18(17)13-8-6-7-9-14(13)23/h6-9,11,16,18-19H,5,10H2,1-4H3/t11-,16+,18-,19+/m1/s1. The van der Waals surface area contributed by atoms with Crippen molar-refractivity contribution in [2.24, 2.45) is 22.7 Å². The maximum absolute atomic E-state index is 13.5. The summed E-state index contributed by atoms with van der Waals surface area (Å²) in [6, 6.07) is 7.10. The van der Waals surface area contributed by atoms with E-state index in [-0.39, 0.29) is 18.3 Å². The number of aliphatic imine (C=N–C) groups is 1. The third-order valence-electron chi connectivity index (χ3n) is 5.61. The summed E-state index contributed by atoms with van der Waals surface area (Å²) in [6.07, 6.45) is 0.463. The second-order valence-electron chi connectivity index (χ2n) is 7.38. The fourth-order valence-corrected chi connectivity index (χ4v) is 4.63. The Morgan fingerprint density at radius 3 is 2.55 bits per heavy atom. The summed E-state index contributed by atoms with van der Waals surface area (Å²) in [5.74, 6) is -3.97. The highest BCUT2D eigenvalue weighted by Crippen LogP contribution is 2.47. The molecule has 0 aromatic heterocycles. The van der Waals surface area contributed by atoms with E-state index < -0.39 is 29.7 Å². The molecule has 3 rings (SSSR count). The number of ether oxygens (including phenoxy) is 2. The molecule has 2 aliphatic rings. The highest BCUT2D eigenvalue weighted by molar-refractivity contribution is 6.31. The molecule has 0 N–H and O–H groups in total. The number of rotatable bonds is 4. The zero-order valence-electron chi connectivity index (χ0n) is 16.9. The molecule has 154 valence electrons. The second kappa shape index (κ2) is 8.49. The summed E-state index contributed by atoms with van der Waals surface area (Å²) >= 11 is 6.47. The Bertz CT molecular complexity index is 920. The monoisotopic (exact) mass is 417 g/mol. The van der Waals surface area contributed by atoms with Gasteiger partial charge in [-0.2, -0.15) is 0 Å². The molecule has 1 aliphatic carbocycles. The Balaban J connectivity index is 2.20. The zero-order valence-corrected chi connectivity index (χ0v) is 17.7. The fourth-order valence-electron chi connectivity index (χ4n) is 4.37. The number of nitrogens with zero attached hydrogens (tertiary/aromatic N) is 1. The van der Waals surface area contributed by atoms with Crippen LogP contribution in [0.5, 0.6) is 0 Å². The van der Waals surface area contributed by atoms with Crippen molar-refractivity contribution < 1.29 is 23.9 Å². The highest BCUT2D eigenvalue weighted by Gasteiger charge is 2.51. The number of halogens is 1. The van der Waals surface area contributed by atoms with Crippen LogP contribution in [0, 0.1) is 17.8 Å². The van der Waals surface area contributed by atoms with Crippen molar-refractivity contribution in [2.75, 3.05) is 13.7 Å². The molecule has 7 heteroatoms. The number of Topliss-reactive ketones (excluding diaryl/α,β-unsaturated/α-hetero) is 1. The summed E-state index contributed by atoms with van der Waals surface area (Å²) in [6.45, 7) is 5.49. The van der Waals surface area contributed by atoms with Crippen molar-refractivity contribution in [1.82, 2.24) is 0 Å². The predicted molar refractivity (Wildman–Crippen MR) is 109 cm³/mol. The average Bonchev–Trinajstić information content (AvgIpc) is 2.67. The van der Waals surface area contributed by atoms with Gasteiger partial charge in [-0.3, -0.25) is 14.6 Å². The van der Waals surface area contributed by atoms with E-state index in [1.165, 1.54) is 7.11 Å². The van der Waals surface area contributed by atoms with Gasteiger partial charge in [-0.15, -0.1) is 0 Å². The third-order valence-corrected chi connectivity index (χ3v) is 5.95. The van der Waals surface area contributed by atoms with Gasteiger partial charge >= 0.3 is 11.9 Å². The first-order valence-electron chi connectivity index (χ1n) is 9.63. The molecule has 0 amide bonds. The van der Waals surface area contributed by atoms with E-state index in [1.807, 2.05) is 6.92 Å². The van der Waals surface area contributed by atoms with E-state index >= 15 is 0 Å². The van der Waals surface area contributed by atoms with Gasteiger partial charge in [0.1, 0.15) is 5.92 Å². The summed E-state index contributed by atoms with van der Waals surface area (Å²) in [7, 11) is 1.27. The van der Waals surface area contributed by atoms with Gasteiger partial charge in [-0.05, 0) is 37.8 Å². The van der Waals surface area contributed by atoms with Crippen LogP contribution in [-0.4, -0.2) is 37.2 Å². The molecular weight excluding hydrogens is 394 g/mol. The Kier molecular flexibility index (Phi) is 6.22. The summed E-state index contributed by atoms with van der Waals surface area (Å²) < 4.78 is 10.1. The number of carbonyl (C=O) groups excluding carboxylic acids is 3. The maximum atomic E-state index is 13.5. The van der Waals surface area contributed by atoms with E-state index in [0.717, 1.165) is 0 Å². The zero-order chi connectivity index (χ0) is 21.3. The Hall–Kier alpha value is -2.47. The van der Waals surface area contributed by atoms with Gasteiger partial charge in [0.25, 0.3) is 0 Å². The molecule has 29 heavy (non-hydrogen) atoms. The van der Waals surface area contributed by atoms with Crippen molar-refractivity contribution >= 4 is 35.0 Å². The first-order chi connectivity index (χ1) is 13.8. The average molecular weight is 418 g/mol. The lowest BCUT2D eigenvalue weighted by Gasteiger charge is -2.40. The molecule has 6 nitrogen and oxygen atoms in total. The van der Waals surface area contributed by atoms with Crippen LogP contribution in [0.25, 0.3) is 0 Å². The number of hydrogen-bond donors (Lipinski definition) is 0. The number of benzene rings is 1. The van der Waals surface area contributed by atoms with Crippen LogP contribution in [0.4, 0.5) is 0 Å². The van der Waals surface area contributed by atoms with Crippen LogP contribution < -0.4 is 0 Å². The molecule has 1 aliphatic heterocycles. The molecule has 0 unspecified atom stereocenters. The minimum absolute atomic E-state index is 0.196. The minimum atomic E-state index is -0.907. The number of allylic oxidation sites excluding steroid dienone is 1. The van der Waals surface area contributed by atoms with Crippen molar-refractivity contribution in [2.45, 2.75) is 33.1 Å². The molecule has 0 radical (unpaired) electrons. The first-order valence-corrected chi connectivity index (χ1v) is 10.0. The van der Waals surface area contributed by atoms with Crippen molar-refractivity contribution in [3.05, 3.63) is 46.1 Å². The molecule has 0 bridgehead atoms.